The maximum Gasteiger partial charge on any atom is 0.254 e. The van der Waals surface area contributed by atoms with Crippen LogP contribution in [0, 0.1) is 6.92 Å². The SMILES string of the molecule is COCC(Br)CNC(=O)c1cn[nH]c1C. The highest BCUT2D eigenvalue weighted by Gasteiger charge is 2.11. The van der Waals surface area contributed by atoms with Crippen molar-refractivity contribution in [3.8, 4) is 0 Å². The van der Waals surface area contributed by atoms with E-state index in [0.29, 0.717) is 18.7 Å². The Kier molecular flexibility index (Phi) is 4.77. The largest absolute Gasteiger partial charge is 0.383 e. The molecule has 1 heterocycles. The standard InChI is InChI=1S/C9H14BrN3O2/c1-6-8(4-12-13-6)9(14)11-3-7(10)5-15-2/h4,7H,3,5H2,1-2H3,(H,11,14)(H,12,13). The fraction of sp³-hybridized carbons (Fsp3) is 0.556. The van der Waals surface area contributed by atoms with Crippen molar-refractivity contribution in [2.45, 2.75) is 11.8 Å². The Morgan fingerprint density at radius 2 is 2.53 bits per heavy atom. The van der Waals surface area contributed by atoms with Gasteiger partial charge < -0.3 is 10.1 Å². The second-order valence-corrected chi connectivity index (χ2v) is 4.47. The van der Waals surface area contributed by atoms with Crippen molar-refractivity contribution in [2.24, 2.45) is 0 Å². The number of ether oxygens (including phenoxy) is 1. The van der Waals surface area contributed by atoms with Gasteiger partial charge in [0, 0.05) is 19.3 Å². The molecule has 1 aromatic rings. The van der Waals surface area contributed by atoms with E-state index in [2.05, 4.69) is 31.4 Å². The third kappa shape index (κ3) is 3.64. The summed E-state index contributed by atoms with van der Waals surface area (Å²) in [7, 11) is 1.62. The molecule has 1 aromatic heterocycles. The molecule has 84 valence electrons. The predicted molar refractivity (Wildman–Crippen MR) is 60.2 cm³/mol. The molecule has 15 heavy (non-hydrogen) atoms. The molecule has 0 aromatic carbocycles. The zero-order valence-corrected chi connectivity index (χ0v) is 10.3. The summed E-state index contributed by atoms with van der Waals surface area (Å²) in [5.74, 6) is -0.123. The first-order valence-corrected chi connectivity index (χ1v) is 5.48. The number of carbonyl (C=O) groups is 1. The van der Waals surface area contributed by atoms with Gasteiger partial charge in [-0.25, -0.2) is 0 Å². The lowest BCUT2D eigenvalue weighted by Crippen LogP contribution is -2.31. The number of aryl methyl sites for hydroxylation is 1. The average molecular weight is 276 g/mol. The topological polar surface area (TPSA) is 67.0 Å². The first kappa shape index (κ1) is 12.2. The number of H-pyrrole nitrogens is 1. The van der Waals surface area contributed by atoms with Crippen LogP contribution >= 0.6 is 15.9 Å². The second kappa shape index (κ2) is 5.87. The summed E-state index contributed by atoms with van der Waals surface area (Å²) in [4.78, 5) is 11.7. The quantitative estimate of drug-likeness (QED) is 0.784. The van der Waals surface area contributed by atoms with Crippen molar-refractivity contribution in [3.05, 3.63) is 17.5 Å². The molecule has 0 saturated heterocycles. The molecule has 0 aliphatic carbocycles. The predicted octanol–water partition coefficient (Wildman–Crippen LogP) is 0.858. The van der Waals surface area contributed by atoms with Crippen LogP contribution in [0.2, 0.25) is 0 Å². The van der Waals surface area contributed by atoms with Crippen molar-refractivity contribution in [1.82, 2.24) is 15.5 Å². The zero-order valence-electron chi connectivity index (χ0n) is 8.71. The lowest BCUT2D eigenvalue weighted by atomic mass is 10.2. The van der Waals surface area contributed by atoms with Crippen LogP contribution in [0.1, 0.15) is 16.1 Å². The highest BCUT2D eigenvalue weighted by molar-refractivity contribution is 9.09. The van der Waals surface area contributed by atoms with Gasteiger partial charge in [-0.1, -0.05) is 15.9 Å². The van der Waals surface area contributed by atoms with Gasteiger partial charge in [-0.15, -0.1) is 0 Å². The fourth-order valence-corrected chi connectivity index (χ4v) is 1.54. The van der Waals surface area contributed by atoms with Gasteiger partial charge in [0.15, 0.2) is 0 Å². The number of rotatable bonds is 5. The highest BCUT2D eigenvalue weighted by Crippen LogP contribution is 2.03. The fourth-order valence-electron chi connectivity index (χ4n) is 1.12. The third-order valence-corrected chi connectivity index (χ3v) is 2.49. The molecule has 2 N–H and O–H groups in total. The maximum absolute atomic E-state index is 11.6. The van der Waals surface area contributed by atoms with Crippen molar-refractivity contribution in [1.29, 1.82) is 0 Å². The Balaban J connectivity index is 2.40. The number of halogens is 1. The first-order chi connectivity index (χ1) is 7.15. The third-order valence-electron chi connectivity index (χ3n) is 1.91. The minimum atomic E-state index is -0.123. The Bertz CT molecular complexity index is 327. The van der Waals surface area contributed by atoms with Crippen LogP contribution in [0.25, 0.3) is 0 Å². The average Bonchev–Trinajstić information content (AvgIpc) is 2.61. The normalized spacial score (nSPS) is 12.5. The first-order valence-electron chi connectivity index (χ1n) is 4.56. The highest BCUT2D eigenvalue weighted by atomic mass is 79.9. The molecule has 1 rings (SSSR count). The molecule has 0 spiro atoms. The number of carbonyl (C=O) groups excluding carboxylic acids is 1. The molecule has 6 heteroatoms. The molecular weight excluding hydrogens is 262 g/mol. The maximum atomic E-state index is 11.6. The summed E-state index contributed by atoms with van der Waals surface area (Å²) in [6, 6.07) is 0. The minimum Gasteiger partial charge on any atom is -0.383 e. The van der Waals surface area contributed by atoms with Crippen LogP contribution in [0.3, 0.4) is 0 Å². The molecule has 1 amide bonds. The van der Waals surface area contributed by atoms with Crippen molar-refractivity contribution >= 4 is 21.8 Å². The summed E-state index contributed by atoms with van der Waals surface area (Å²) in [5, 5.41) is 9.28. The van der Waals surface area contributed by atoms with Crippen LogP contribution in [-0.2, 0) is 4.74 Å². The number of hydrogen-bond acceptors (Lipinski definition) is 3. The van der Waals surface area contributed by atoms with Crippen LogP contribution in [0.5, 0.6) is 0 Å². The summed E-state index contributed by atoms with van der Waals surface area (Å²) >= 11 is 3.39. The van der Waals surface area contributed by atoms with Gasteiger partial charge in [-0.2, -0.15) is 5.10 Å². The number of aromatic nitrogens is 2. The number of amides is 1. The van der Waals surface area contributed by atoms with Crippen LogP contribution < -0.4 is 5.32 Å². The van der Waals surface area contributed by atoms with Crippen LogP contribution in [0.4, 0.5) is 0 Å². The molecule has 0 aliphatic rings. The van der Waals surface area contributed by atoms with E-state index >= 15 is 0 Å². The molecule has 0 bridgehead atoms. The van der Waals surface area contributed by atoms with E-state index in [0.717, 1.165) is 5.69 Å². The van der Waals surface area contributed by atoms with E-state index in [1.807, 2.05) is 6.92 Å². The van der Waals surface area contributed by atoms with Gasteiger partial charge in [0.2, 0.25) is 0 Å². The Morgan fingerprint density at radius 1 is 1.80 bits per heavy atom. The van der Waals surface area contributed by atoms with Crippen molar-refractivity contribution < 1.29 is 9.53 Å². The van der Waals surface area contributed by atoms with Crippen molar-refractivity contribution in [2.75, 3.05) is 20.3 Å². The van der Waals surface area contributed by atoms with E-state index in [1.54, 1.807) is 7.11 Å². The molecule has 0 saturated carbocycles. The number of nitrogens with zero attached hydrogens (tertiary/aromatic N) is 1. The van der Waals surface area contributed by atoms with Crippen LogP contribution in [0.15, 0.2) is 6.20 Å². The molecular formula is C9H14BrN3O2. The van der Waals surface area contributed by atoms with Gasteiger partial charge in [-0.3, -0.25) is 9.89 Å². The molecule has 0 radical (unpaired) electrons. The van der Waals surface area contributed by atoms with Gasteiger partial charge >= 0.3 is 0 Å². The van der Waals surface area contributed by atoms with Gasteiger partial charge in [0.05, 0.1) is 23.2 Å². The van der Waals surface area contributed by atoms with Crippen LogP contribution in [-0.4, -0.2) is 41.2 Å². The van der Waals surface area contributed by atoms with E-state index in [9.17, 15) is 4.79 Å². The Hall–Kier alpha value is -0.880. The summed E-state index contributed by atoms with van der Waals surface area (Å²) in [6.07, 6.45) is 1.52. The number of methoxy groups -OCH3 is 1. The molecule has 5 nitrogen and oxygen atoms in total. The molecule has 1 atom stereocenters. The summed E-state index contributed by atoms with van der Waals surface area (Å²) < 4.78 is 4.93. The summed E-state index contributed by atoms with van der Waals surface area (Å²) in [5.41, 5.74) is 1.34. The molecule has 1 unspecified atom stereocenters. The minimum absolute atomic E-state index is 0.123. The zero-order chi connectivity index (χ0) is 11.3. The van der Waals surface area contributed by atoms with Gasteiger partial charge in [-0.05, 0) is 6.92 Å². The number of aromatic amines is 1. The van der Waals surface area contributed by atoms with Crippen molar-refractivity contribution in [3.63, 3.8) is 0 Å². The van der Waals surface area contributed by atoms with Gasteiger partial charge in [0.1, 0.15) is 0 Å². The second-order valence-electron chi connectivity index (χ2n) is 3.17. The monoisotopic (exact) mass is 275 g/mol. The Morgan fingerprint density at radius 3 is 3.07 bits per heavy atom. The lowest BCUT2D eigenvalue weighted by Gasteiger charge is -2.09. The number of alkyl halides is 1. The smallest absolute Gasteiger partial charge is 0.254 e. The van der Waals surface area contributed by atoms with E-state index in [1.165, 1.54) is 6.20 Å². The van der Waals surface area contributed by atoms with E-state index in [-0.39, 0.29) is 10.7 Å². The number of hydrogen-bond donors (Lipinski definition) is 2. The van der Waals surface area contributed by atoms with Gasteiger partial charge in [0.25, 0.3) is 5.91 Å². The Labute approximate surface area is 96.7 Å². The molecule has 0 fully saturated rings. The molecule has 0 aliphatic heterocycles. The summed E-state index contributed by atoms with van der Waals surface area (Å²) in [6.45, 7) is 2.89. The van der Waals surface area contributed by atoms with E-state index < -0.39 is 0 Å². The number of nitrogens with one attached hydrogen (secondary N) is 2. The van der Waals surface area contributed by atoms with E-state index in [4.69, 9.17) is 4.74 Å². The lowest BCUT2D eigenvalue weighted by molar-refractivity contribution is 0.0949.